The Bertz CT molecular complexity index is 167. The number of rotatable bonds is 7. The van der Waals surface area contributed by atoms with E-state index in [1.54, 1.807) is 7.11 Å². The molecule has 0 atom stereocenters. The Hall–Kier alpha value is -0.120. The Morgan fingerprint density at radius 1 is 1.19 bits per heavy atom. The second-order valence-corrected chi connectivity index (χ2v) is 5.21. The maximum atomic E-state index is 5.06. The molecule has 96 valence electrons. The minimum absolute atomic E-state index is 0.770. The first-order chi connectivity index (χ1) is 7.72. The lowest BCUT2D eigenvalue weighted by Gasteiger charge is -2.27. The Morgan fingerprint density at radius 3 is 2.50 bits per heavy atom. The molecular weight excluding hydrogens is 200 g/mol. The van der Waals surface area contributed by atoms with Crippen LogP contribution >= 0.6 is 0 Å². The molecule has 0 aliphatic heterocycles. The van der Waals surface area contributed by atoms with Gasteiger partial charge in [-0.2, -0.15) is 0 Å². The molecule has 0 aromatic heterocycles. The third kappa shape index (κ3) is 5.83. The van der Waals surface area contributed by atoms with Gasteiger partial charge in [-0.3, -0.25) is 0 Å². The predicted octanol–water partition coefficient (Wildman–Crippen LogP) is 1.73. The molecule has 3 nitrogen and oxygen atoms in total. The zero-order valence-corrected chi connectivity index (χ0v) is 11.2. The van der Waals surface area contributed by atoms with E-state index < -0.39 is 0 Å². The summed E-state index contributed by atoms with van der Waals surface area (Å²) in [5.74, 6) is 0.947. The van der Waals surface area contributed by atoms with Crippen LogP contribution in [0.25, 0.3) is 0 Å². The van der Waals surface area contributed by atoms with Gasteiger partial charge in [0.15, 0.2) is 0 Å². The summed E-state index contributed by atoms with van der Waals surface area (Å²) in [6, 6.07) is 0.770. The first-order valence-electron chi connectivity index (χ1n) is 6.63. The molecule has 0 radical (unpaired) electrons. The third-order valence-electron chi connectivity index (χ3n) is 3.62. The lowest BCUT2D eigenvalue weighted by molar-refractivity contribution is 0.160. The number of ether oxygens (including phenoxy) is 1. The molecule has 1 N–H and O–H groups in total. The molecule has 1 saturated carbocycles. The number of likely N-dealkylation sites (N-methyl/N-ethyl adjacent to an activating group) is 1. The van der Waals surface area contributed by atoms with E-state index in [1.165, 1.54) is 25.7 Å². The zero-order chi connectivity index (χ0) is 11.8. The van der Waals surface area contributed by atoms with Crippen LogP contribution in [-0.2, 0) is 4.74 Å². The smallest absolute Gasteiger partial charge is 0.0589 e. The van der Waals surface area contributed by atoms with E-state index in [4.69, 9.17) is 4.74 Å². The van der Waals surface area contributed by atoms with Crippen LogP contribution in [0.2, 0.25) is 0 Å². The van der Waals surface area contributed by atoms with Gasteiger partial charge in [-0.15, -0.1) is 0 Å². The van der Waals surface area contributed by atoms with E-state index in [0.29, 0.717) is 0 Å². The molecule has 0 saturated heterocycles. The fourth-order valence-electron chi connectivity index (χ4n) is 2.28. The van der Waals surface area contributed by atoms with Crippen LogP contribution in [0.1, 0.15) is 32.6 Å². The third-order valence-corrected chi connectivity index (χ3v) is 3.62. The summed E-state index contributed by atoms with van der Waals surface area (Å²) in [5.41, 5.74) is 0. The SMILES string of the molecule is COCCN(C)CCNC1CCC(C)CC1. The van der Waals surface area contributed by atoms with Crippen molar-refractivity contribution in [2.75, 3.05) is 40.4 Å². The van der Waals surface area contributed by atoms with Crippen molar-refractivity contribution >= 4 is 0 Å². The molecule has 0 spiro atoms. The summed E-state index contributed by atoms with van der Waals surface area (Å²) >= 11 is 0. The summed E-state index contributed by atoms with van der Waals surface area (Å²) < 4.78 is 5.06. The quantitative estimate of drug-likeness (QED) is 0.718. The van der Waals surface area contributed by atoms with Crippen LogP contribution in [0.5, 0.6) is 0 Å². The van der Waals surface area contributed by atoms with Crippen molar-refractivity contribution in [2.45, 2.75) is 38.6 Å². The molecule has 16 heavy (non-hydrogen) atoms. The monoisotopic (exact) mass is 228 g/mol. The molecule has 0 amide bonds. The molecule has 0 heterocycles. The molecule has 0 aromatic carbocycles. The average Bonchev–Trinajstić information content (AvgIpc) is 2.29. The van der Waals surface area contributed by atoms with E-state index in [1.807, 2.05) is 0 Å². The van der Waals surface area contributed by atoms with Gasteiger partial charge in [0, 0.05) is 32.8 Å². The molecule has 1 aliphatic rings. The fourth-order valence-corrected chi connectivity index (χ4v) is 2.28. The normalized spacial score (nSPS) is 26.2. The van der Waals surface area contributed by atoms with Crippen molar-refractivity contribution in [3.8, 4) is 0 Å². The predicted molar refractivity (Wildman–Crippen MR) is 68.8 cm³/mol. The highest BCUT2D eigenvalue weighted by Crippen LogP contribution is 2.23. The second kappa shape index (κ2) is 8.04. The van der Waals surface area contributed by atoms with Crippen LogP contribution < -0.4 is 5.32 Å². The summed E-state index contributed by atoms with van der Waals surface area (Å²) in [6.45, 7) is 6.46. The number of hydrogen-bond donors (Lipinski definition) is 1. The maximum Gasteiger partial charge on any atom is 0.0589 e. The van der Waals surface area contributed by atoms with Crippen molar-refractivity contribution in [1.82, 2.24) is 10.2 Å². The number of nitrogens with zero attached hydrogens (tertiary/aromatic N) is 1. The first-order valence-corrected chi connectivity index (χ1v) is 6.63. The number of methoxy groups -OCH3 is 1. The van der Waals surface area contributed by atoms with E-state index in [2.05, 4.69) is 24.2 Å². The second-order valence-electron chi connectivity index (χ2n) is 5.21. The largest absolute Gasteiger partial charge is 0.383 e. The van der Waals surface area contributed by atoms with Gasteiger partial charge in [0.1, 0.15) is 0 Å². The highest BCUT2D eigenvalue weighted by Gasteiger charge is 2.17. The van der Waals surface area contributed by atoms with Crippen molar-refractivity contribution in [3.63, 3.8) is 0 Å². The van der Waals surface area contributed by atoms with Gasteiger partial charge >= 0.3 is 0 Å². The van der Waals surface area contributed by atoms with Gasteiger partial charge < -0.3 is 15.0 Å². The van der Waals surface area contributed by atoms with Crippen molar-refractivity contribution in [3.05, 3.63) is 0 Å². The molecular formula is C13H28N2O. The van der Waals surface area contributed by atoms with Crippen molar-refractivity contribution in [1.29, 1.82) is 0 Å². The molecule has 1 rings (SSSR count). The lowest BCUT2D eigenvalue weighted by atomic mass is 9.87. The number of hydrogen-bond acceptors (Lipinski definition) is 3. The van der Waals surface area contributed by atoms with E-state index in [-0.39, 0.29) is 0 Å². The van der Waals surface area contributed by atoms with Crippen molar-refractivity contribution < 1.29 is 4.74 Å². The Morgan fingerprint density at radius 2 is 1.88 bits per heavy atom. The van der Waals surface area contributed by atoms with E-state index in [9.17, 15) is 0 Å². The van der Waals surface area contributed by atoms with E-state index in [0.717, 1.165) is 38.2 Å². The minimum atomic E-state index is 0.770. The van der Waals surface area contributed by atoms with Gasteiger partial charge in [0.2, 0.25) is 0 Å². The van der Waals surface area contributed by atoms with Gasteiger partial charge in [-0.25, -0.2) is 0 Å². The highest BCUT2D eigenvalue weighted by atomic mass is 16.5. The van der Waals surface area contributed by atoms with Crippen LogP contribution in [0, 0.1) is 5.92 Å². The Balaban J connectivity index is 1.98. The average molecular weight is 228 g/mol. The van der Waals surface area contributed by atoms with Crippen LogP contribution in [0.3, 0.4) is 0 Å². The Kier molecular flexibility index (Phi) is 7.01. The maximum absolute atomic E-state index is 5.06. The number of nitrogens with one attached hydrogen (secondary N) is 1. The lowest BCUT2D eigenvalue weighted by Crippen LogP contribution is -2.38. The van der Waals surface area contributed by atoms with E-state index >= 15 is 0 Å². The van der Waals surface area contributed by atoms with Crippen LogP contribution in [0.4, 0.5) is 0 Å². The fraction of sp³-hybridized carbons (Fsp3) is 1.00. The topological polar surface area (TPSA) is 24.5 Å². The zero-order valence-electron chi connectivity index (χ0n) is 11.2. The van der Waals surface area contributed by atoms with Gasteiger partial charge in [-0.05, 0) is 38.6 Å². The molecule has 0 bridgehead atoms. The van der Waals surface area contributed by atoms with Gasteiger partial charge in [0.25, 0.3) is 0 Å². The molecule has 1 fully saturated rings. The molecule has 0 aromatic rings. The summed E-state index contributed by atoms with van der Waals surface area (Å²) in [4.78, 5) is 2.32. The van der Waals surface area contributed by atoms with Gasteiger partial charge in [0.05, 0.1) is 6.61 Å². The summed E-state index contributed by atoms with van der Waals surface area (Å²) in [7, 11) is 3.92. The van der Waals surface area contributed by atoms with Crippen LogP contribution in [0.15, 0.2) is 0 Å². The molecule has 0 unspecified atom stereocenters. The first kappa shape index (κ1) is 13.9. The van der Waals surface area contributed by atoms with Crippen LogP contribution in [-0.4, -0.2) is 51.3 Å². The highest BCUT2D eigenvalue weighted by molar-refractivity contribution is 4.75. The summed E-state index contributed by atoms with van der Waals surface area (Å²) in [6.07, 6.45) is 5.53. The Labute approximate surface area is 101 Å². The van der Waals surface area contributed by atoms with Gasteiger partial charge in [-0.1, -0.05) is 6.92 Å². The molecule has 3 heteroatoms. The van der Waals surface area contributed by atoms with Crippen molar-refractivity contribution in [2.24, 2.45) is 5.92 Å². The summed E-state index contributed by atoms with van der Waals surface area (Å²) in [5, 5.41) is 3.67. The standard InChI is InChI=1S/C13H28N2O/c1-12-4-6-13(7-5-12)14-8-9-15(2)10-11-16-3/h12-14H,4-11H2,1-3H3. The minimum Gasteiger partial charge on any atom is -0.383 e. The molecule has 1 aliphatic carbocycles.